The number of carbonyl (C=O) groups excluding carboxylic acids is 1. The van der Waals surface area contributed by atoms with Gasteiger partial charge in [-0.15, -0.1) is 0 Å². The zero-order valence-corrected chi connectivity index (χ0v) is 12.4. The lowest BCUT2D eigenvalue weighted by Gasteiger charge is -2.08. The van der Waals surface area contributed by atoms with E-state index in [1.165, 1.54) is 13.3 Å². The van der Waals surface area contributed by atoms with E-state index >= 15 is 0 Å². The smallest absolute Gasteiger partial charge is 0.338 e. The molecule has 1 N–H and O–H groups in total. The second-order valence-corrected chi connectivity index (χ2v) is 5.04. The zero-order valence-electron chi connectivity index (χ0n) is 10.8. The van der Waals surface area contributed by atoms with Crippen molar-refractivity contribution in [2.24, 2.45) is 0 Å². The Morgan fingerprint density at radius 1 is 1.33 bits per heavy atom. The molecule has 6 nitrogen and oxygen atoms in total. The van der Waals surface area contributed by atoms with E-state index in [2.05, 4.69) is 23.8 Å². The standard InChI is InChI=1S/C13H9ClN4O2S/c1-20-13(19)7-4-5-15-10(6-7)16-11-8(14)2-3-9-12(11)18-21-17-9/h2-6H,1H3,(H,15,16). The number of halogens is 1. The molecule has 0 aliphatic carbocycles. The third kappa shape index (κ3) is 2.65. The number of hydrogen-bond acceptors (Lipinski definition) is 7. The van der Waals surface area contributed by atoms with Gasteiger partial charge in [0, 0.05) is 6.20 Å². The minimum atomic E-state index is -0.430. The molecular weight excluding hydrogens is 312 g/mol. The average molecular weight is 321 g/mol. The number of anilines is 2. The monoisotopic (exact) mass is 320 g/mol. The number of aromatic nitrogens is 3. The number of fused-ring (bicyclic) bond motifs is 1. The minimum absolute atomic E-state index is 0.398. The predicted octanol–water partition coefficient (Wildman–Crippen LogP) is 3.27. The molecule has 3 rings (SSSR count). The van der Waals surface area contributed by atoms with Gasteiger partial charge in [-0.1, -0.05) is 11.6 Å². The van der Waals surface area contributed by atoms with Gasteiger partial charge in [0.15, 0.2) is 0 Å². The van der Waals surface area contributed by atoms with Crippen LogP contribution in [-0.2, 0) is 4.74 Å². The Hall–Kier alpha value is -2.25. The zero-order chi connectivity index (χ0) is 14.8. The van der Waals surface area contributed by atoms with Crippen LogP contribution in [0.1, 0.15) is 10.4 Å². The number of nitrogens with one attached hydrogen (secondary N) is 1. The maximum atomic E-state index is 11.5. The number of carbonyl (C=O) groups is 1. The molecule has 0 radical (unpaired) electrons. The van der Waals surface area contributed by atoms with E-state index in [0.29, 0.717) is 27.6 Å². The van der Waals surface area contributed by atoms with Gasteiger partial charge >= 0.3 is 5.97 Å². The molecule has 0 saturated heterocycles. The minimum Gasteiger partial charge on any atom is -0.465 e. The molecule has 8 heteroatoms. The quantitative estimate of drug-likeness (QED) is 0.746. The Labute approximate surface area is 129 Å². The van der Waals surface area contributed by atoms with Gasteiger partial charge in [-0.2, -0.15) is 8.75 Å². The fourth-order valence-electron chi connectivity index (χ4n) is 1.82. The van der Waals surface area contributed by atoms with Gasteiger partial charge in [-0.25, -0.2) is 9.78 Å². The first-order valence-corrected chi connectivity index (χ1v) is 7.02. The van der Waals surface area contributed by atoms with Crippen molar-refractivity contribution in [3.63, 3.8) is 0 Å². The number of nitrogens with zero attached hydrogens (tertiary/aromatic N) is 3. The average Bonchev–Trinajstić information content (AvgIpc) is 2.98. The van der Waals surface area contributed by atoms with Gasteiger partial charge in [0.25, 0.3) is 0 Å². The third-order valence-corrected chi connectivity index (χ3v) is 3.67. The van der Waals surface area contributed by atoms with E-state index in [4.69, 9.17) is 11.6 Å². The Bertz CT molecular complexity index is 821. The predicted molar refractivity (Wildman–Crippen MR) is 81.3 cm³/mol. The molecule has 21 heavy (non-hydrogen) atoms. The van der Waals surface area contributed by atoms with E-state index in [1.807, 2.05) is 0 Å². The summed E-state index contributed by atoms with van der Waals surface area (Å²) in [7, 11) is 1.33. The first kappa shape index (κ1) is 13.7. The highest BCUT2D eigenvalue weighted by atomic mass is 35.5. The number of ether oxygens (including phenoxy) is 1. The van der Waals surface area contributed by atoms with Crippen LogP contribution in [0.5, 0.6) is 0 Å². The van der Waals surface area contributed by atoms with Gasteiger partial charge in [0.05, 0.1) is 35.1 Å². The topological polar surface area (TPSA) is 77.0 Å². The molecule has 2 aromatic heterocycles. The van der Waals surface area contributed by atoms with Crippen LogP contribution in [0.4, 0.5) is 11.5 Å². The molecule has 0 aliphatic heterocycles. The summed E-state index contributed by atoms with van der Waals surface area (Å²) in [6.07, 6.45) is 1.52. The second-order valence-electron chi connectivity index (χ2n) is 4.10. The Balaban J connectivity index is 2.01. The number of pyridine rings is 1. The van der Waals surface area contributed by atoms with E-state index < -0.39 is 5.97 Å². The lowest BCUT2D eigenvalue weighted by molar-refractivity contribution is 0.0600. The third-order valence-electron chi connectivity index (χ3n) is 2.81. The van der Waals surface area contributed by atoms with Crippen LogP contribution in [0.2, 0.25) is 5.02 Å². The van der Waals surface area contributed by atoms with Gasteiger partial charge in [0.2, 0.25) is 0 Å². The highest BCUT2D eigenvalue weighted by Gasteiger charge is 2.12. The van der Waals surface area contributed by atoms with Crippen molar-refractivity contribution < 1.29 is 9.53 Å². The second kappa shape index (κ2) is 5.63. The van der Waals surface area contributed by atoms with Crippen molar-refractivity contribution in [2.75, 3.05) is 12.4 Å². The molecule has 0 fully saturated rings. The van der Waals surface area contributed by atoms with Gasteiger partial charge in [0.1, 0.15) is 16.9 Å². The normalized spacial score (nSPS) is 10.6. The van der Waals surface area contributed by atoms with E-state index in [1.54, 1.807) is 24.3 Å². The highest BCUT2D eigenvalue weighted by molar-refractivity contribution is 7.00. The van der Waals surface area contributed by atoms with Gasteiger partial charge in [-0.3, -0.25) is 0 Å². The van der Waals surface area contributed by atoms with Crippen LogP contribution in [0.3, 0.4) is 0 Å². The molecule has 0 saturated carbocycles. The molecule has 0 unspecified atom stereocenters. The molecule has 0 aliphatic rings. The molecule has 2 heterocycles. The van der Waals surface area contributed by atoms with Crippen molar-refractivity contribution in [1.29, 1.82) is 0 Å². The Kier molecular flexibility index (Phi) is 3.68. The Morgan fingerprint density at radius 3 is 3.00 bits per heavy atom. The summed E-state index contributed by atoms with van der Waals surface area (Å²) < 4.78 is 13.1. The first-order chi connectivity index (χ1) is 10.2. The molecule has 3 aromatic rings. The van der Waals surface area contributed by atoms with Crippen LogP contribution in [0.25, 0.3) is 11.0 Å². The number of hydrogen-bond donors (Lipinski definition) is 1. The summed E-state index contributed by atoms with van der Waals surface area (Å²) in [5.41, 5.74) is 2.42. The number of rotatable bonds is 3. The summed E-state index contributed by atoms with van der Waals surface area (Å²) in [6, 6.07) is 6.69. The summed E-state index contributed by atoms with van der Waals surface area (Å²) in [6.45, 7) is 0. The van der Waals surface area contributed by atoms with E-state index in [9.17, 15) is 4.79 Å². The van der Waals surface area contributed by atoms with E-state index in [0.717, 1.165) is 17.2 Å². The SMILES string of the molecule is COC(=O)c1ccnc(Nc2c(Cl)ccc3nsnc23)c1. The van der Waals surface area contributed by atoms with Crippen molar-refractivity contribution in [3.8, 4) is 0 Å². The molecule has 0 spiro atoms. The lowest BCUT2D eigenvalue weighted by Crippen LogP contribution is -2.03. The molecule has 1 aromatic carbocycles. The first-order valence-electron chi connectivity index (χ1n) is 5.91. The van der Waals surface area contributed by atoms with Crippen LogP contribution < -0.4 is 5.32 Å². The van der Waals surface area contributed by atoms with E-state index in [-0.39, 0.29) is 0 Å². The maximum absolute atomic E-state index is 11.5. The fraction of sp³-hybridized carbons (Fsp3) is 0.0769. The maximum Gasteiger partial charge on any atom is 0.338 e. The van der Waals surface area contributed by atoms with Crippen molar-refractivity contribution in [1.82, 2.24) is 13.7 Å². The summed E-state index contributed by atoms with van der Waals surface area (Å²) in [4.78, 5) is 15.7. The Morgan fingerprint density at radius 2 is 2.19 bits per heavy atom. The van der Waals surface area contributed by atoms with Crippen LogP contribution >= 0.6 is 23.3 Å². The van der Waals surface area contributed by atoms with Gasteiger partial charge < -0.3 is 10.1 Å². The number of benzene rings is 1. The summed E-state index contributed by atoms with van der Waals surface area (Å²) in [5.74, 6) is 0.0420. The molecule has 0 atom stereocenters. The number of esters is 1. The molecule has 0 amide bonds. The molecular formula is C13H9ClN4O2S. The van der Waals surface area contributed by atoms with Crippen LogP contribution in [-0.4, -0.2) is 26.8 Å². The summed E-state index contributed by atoms with van der Waals surface area (Å²) >= 11 is 7.30. The summed E-state index contributed by atoms with van der Waals surface area (Å²) in [5, 5.41) is 3.57. The van der Waals surface area contributed by atoms with Crippen molar-refractivity contribution >= 4 is 51.8 Å². The lowest BCUT2D eigenvalue weighted by atomic mass is 10.2. The molecule has 106 valence electrons. The van der Waals surface area contributed by atoms with Crippen molar-refractivity contribution in [2.45, 2.75) is 0 Å². The fourth-order valence-corrected chi connectivity index (χ4v) is 2.56. The highest BCUT2D eigenvalue weighted by Crippen LogP contribution is 2.32. The van der Waals surface area contributed by atoms with Crippen LogP contribution in [0.15, 0.2) is 30.5 Å². The largest absolute Gasteiger partial charge is 0.465 e. The molecule has 0 bridgehead atoms. The van der Waals surface area contributed by atoms with Gasteiger partial charge in [-0.05, 0) is 24.3 Å². The van der Waals surface area contributed by atoms with Crippen LogP contribution in [0, 0.1) is 0 Å². The van der Waals surface area contributed by atoms with Crippen molar-refractivity contribution in [3.05, 3.63) is 41.0 Å². The number of methoxy groups -OCH3 is 1.